The van der Waals surface area contributed by atoms with E-state index in [0.29, 0.717) is 5.02 Å². The zero-order valence-corrected chi connectivity index (χ0v) is 10.9. The van der Waals surface area contributed by atoms with Crippen molar-refractivity contribution in [2.75, 3.05) is 12.4 Å². The van der Waals surface area contributed by atoms with Crippen LogP contribution in [0.5, 0.6) is 0 Å². The molecular weight excluding hydrogens is 254 g/mol. The maximum Gasteiger partial charge on any atom is 0.115 e. The largest absolute Gasteiger partial charge is 0.388 e. The minimum absolute atomic E-state index is 0.683. The third-order valence-corrected chi connectivity index (χ3v) is 3.64. The summed E-state index contributed by atoms with van der Waals surface area (Å²) in [4.78, 5) is 8.52. The Bertz CT molecular complexity index is 505. The second-order valence-electron chi connectivity index (χ2n) is 3.36. The first kappa shape index (κ1) is 12.2. The number of pyridine rings is 2. The fraction of sp³-hybridized carbons (Fsp3) is 0.167. The first-order chi connectivity index (χ1) is 8.29. The topological polar surface area (TPSA) is 37.8 Å². The third-order valence-electron chi connectivity index (χ3n) is 2.19. The molecule has 0 radical (unpaired) electrons. The van der Waals surface area contributed by atoms with E-state index in [-0.39, 0.29) is 0 Å². The first-order valence-corrected chi connectivity index (χ1v) is 6.52. The molecule has 5 heteroatoms. The van der Waals surface area contributed by atoms with Crippen LogP contribution in [0.3, 0.4) is 0 Å². The summed E-state index contributed by atoms with van der Waals surface area (Å²) in [5.41, 5.74) is 2.06. The quantitative estimate of drug-likeness (QED) is 0.859. The lowest BCUT2D eigenvalue weighted by Gasteiger charge is -2.04. The zero-order chi connectivity index (χ0) is 12.1. The number of thioether (sulfide) groups is 1. The minimum Gasteiger partial charge on any atom is -0.388 e. The number of hydrogen-bond acceptors (Lipinski definition) is 4. The molecule has 0 atom stereocenters. The van der Waals surface area contributed by atoms with Gasteiger partial charge in [-0.15, -0.1) is 0 Å². The molecule has 17 heavy (non-hydrogen) atoms. The van der Waals surface area contributed by atoms with Crippen LogP contribution >= 0.6 is 23.4 Å². The van der Waals surface area contributed by atoms with E-state index in [1.807, 2.05) is 31.3 Å². The van der Waals surface area contributed by atoms with Crippen LogP contribution in [0.15, 0.2) is 41.7 Å². The summed E-state index contributed by atoms with van der Waals surface area (Å²) in [5, 5.41) is 4.61. The first-order valence-electron chi connectivity index (χ1n) is 5.15. The highest BCUT2D eigenvalue weighted by Crippen LogP contribution is 2.27. The van der Waals surface area contributed by atoms with E-state index in [9.17, 15) is 0 Å². The molecule has 3 nitrogen and oxygen atoms in total. The number of aromatic nitrogens is 2. The van der Waals surface area contributed by atoms with Crippen molar-refractivity contribution in [3.05, 3.63) is 47.4 Å². The fourth-order valence-electron chi connectivity index (χ4n) is 1.33. The number of nitrogens with zero attached hydrogens (tertiary/aromatic N) is 2. The predicted octanol–water partition coefficient (Wildman–Crippen LogP) is 3.46. The van der Waals surface area contributed by atoms with Crippen LogP contribution in [0, 0.1) is 0 Å². The molecule has 0 saturated carbocycles. The van der Waals surface area contributed by atoms with Crippen molar-refractivity contribution in [3.63, 3.8) is 0 Å². The van der Waals surface area contributed by atoms with Gasteiger partial charge in [0.05, 0.1) is 10.7 Å². The van der Waals surface area contributed by atoms with E-state index in [1.165, 1.54) is 0 Å². The van der Waals surface area contributed by atoms with Crippen LogP contribution in [-0.2, 0) is 5.75 Å². The Kier molecular flexibility index (Phi) is 4.23. The molecule has 0 aliphatic carbocycles. The minimum atomic E-state index is 0.683. The van der Waals surface area contributed by atoms with E-state index in [2.05, 4.69) is 15.3 Å². The summed E-state index contributed by atoms with van der Waals surface area (Å²) in [6, 6.07) is 7.62. The summed E-state index contributed by atoms with van der Waals surface area (Å²) < 4.78 is 0. The molecule has 2 aromatic rings. The maximum atomic E-state index is 6.03. The number of halogens is 1. The van der Waals surface area contributed by atoms with Gasteiger partial charge in [0.2, 0.25) is 0 Å². The molecule has 0 amide bonds. The van der Waals surface area contributed by atoms with Crippen LogP contribution in [0.1, 0.15) is 5.69 Å². The van der Waals surface area contributed by atoms with E-state index in [1.54, 1.807) is 24.2 Å². The van der Waals surface area contributed by atoms with E-state index < -0.39 is 0 Å². The molecule has 0 bridgehead atoms. The van der Waals surface area contributed by atoms with Crippen molar-refractivity contribution < 1.29 is 0 Å². The van der Waals surface area contributed by atoms with Crippen LogP contribution in [0.2, 0.25) is 5.02 Å². The molecule has 0 unspecified atom stereocenters. The maximum absolute atomic E-state index is 6.03. The van der Waals surface area contributed by atoms with Crippen LogP contribution in [0.25, 0.3) is 0 Å². The van der Waals surface area contributed by atoms with Gasteiger partial charge in [0, 0.05) is 30.9 Å². The van der Waals surface area contributed by atoms with Crippen LogP contribution in [-0.4, -0.2) is 17.0 Å². The van der Waals surface area contributed by atoms with Gasteiger partial charge in [-0.05, 0) is 24.3 Å². The average Bonchev–Trinajstić information content (AvgIpc) is 2.38. The Labute approximate surface area is 110 Å². The number of rotatable bonds is 4. The highest BCUT2D eigenvalue weighted by molar-refractivity contribution is 7.98. The average molecular weight is 266 g/mol. The van der Waals surface area contributed by atoms with Crippen molar-refractivity contribution in [1.29, 1.82) is 0 Å². The lowest BCUT2D eigenvalue weighted by molar-refractivity contribution is 1.12. The molecular formula is C12H12ClN3S. The second-order valence-corrected chi connectivity index (χ2v) is 4.74. The number of anilines is 1. The molecule has 0 saturated heterocycles. The van der Waals surface area contributed by atoms with Crippen molar-refractivity contribution in [2.24, 2.45) is 0 Å². The Morgan fingerprint density at radius 1 is 1.29 bits per heavy atom. The second kappa shape index (κ2) is 5.89. The van der Waals surface area contributed by atoms with Gasteiger partial charge in [-0.25, -0.2) is 4.98 Å². The molecule has 0 spiro atoms. The smallest absolute Gasteiger partial charge is 0.115 e. The van der Waals surface area contributed by atoms with Crippen molar-refractivity contribution in [1.82, 2.24) is 9.97 Å². The van der Waals surface area contributed by atoms with Crippen molar-refractivity contribution in [3.8, 4) is 0 Å². The standard InChI is InChI=1S/C12H12ClN3S/c1-14-9-4-6-15-10(7-9)8-17-12-11(13)3-2-5-16-12/h2-7H,8H2,1H3,(H,14,15). The molecule has 2 rings (SSSR count). The zero-order valence-electron chi connectivity index (χ0n) is 9.35. The van der Waals surface area contributed by atoms with Crippen LogP contribution in [0.4, 0.5) is 5.69 Å². The van der Waals surface area contributed by atoms with E-state index in [4.69, 9.17) is 11.6 Å². The number of nitrogens with one attached hydrogen (secondary N) is 1. The molecule has 2 heterocycles. The van der Waals surface area contributed by atoms with E-state index >= 15 is 0 Å². The van der Waals surface area contributed by atoms with Gasteiger partial charge in [0.15, 0.2) is 0 Å². The molecule has 0 aromatic carbocycles. The third kappa shape index (κ3) is 3.35. The monoisotopic (exact) mass is 265 g/mol. The lowest BCUT2D eigenvalue weighted by atomic mass is 10.3. The molecule has 1 N–H and O–H groups in total. The Balaban J connectivity index is 2.05. The predicted molar refractivity (Wildman–Crippen MR) is 72.6 cm³/mol. The summed E-state index contributed by atoms with van der Waals surface area (Å²) in [6.45, 7) is 0. The summed E-state index contributed by atoms with van der Waals surface area (Å²) >= 11 is 7.62. The molecule has 0 aliphatic rings. The Morgan fingerprint density at radius 2 is 2.18 bits per heavy atom. The molecule has 0 fully saturated rings. The van der Waals surface area contributed by atoms with Gasteiger partial charge in [-0.1, -0.05) is 23.4 Å². The fourth-order valence-corrected chi connectivity index (χ4v) is 2.40. The molecule has 0 aliphatic heterocycles. The lowest BCUT2D eigenvalue weighted by Crippen LogP contribution is -1.92. The van der Waals surface area contributed by atoms with Gasteiger partial charge in [0.1, 0.15) is 5.03 Å². The van der Waals surface area contributed by atoms with E-state index in [0.717, 1.165) is 22.2 Å². The van der Waals surface area contributed by atoms with Gasteiger partial charge >= 0.3 is 0 Å². The molecule has 2 aromatic heterocycles. The van der Waals surface area contributed by atoms with Gasteiger partial charge in [0.25, 0.3) is 0 Å². The Morgan fingerprint density at radius 3 is 2.94 bits per heavy atom. The summed E-state index contributed by atoms with van der Waals surface area (Å²) in [7, 11) is 1.89. The van der Waals surface area contributed by atoms with Gasteiger partial charge in [-0.2, -0.15) is 0 Å². The molecule has 88 valence electrons. The summed E-state index contributed by atoms with van der Waals surface area (Å²) in [6.07, 6.45) is 3.54. The van der Waals surface area contributed by atoms with Crippen molar-refractivity contribution >= 4 is 29.1 Å². The van der Waals surface area contributed by atoms with Crippen LogP contribution < -0.4 is 5.32 Å². The highest BCUT2D eigenvalue weighted by atomic mass is 35.5. The van der Waals surface area contributed by atoms with Gasteiger partial charge < -0.3 is 5.32 Å². The SMILES string of the molecule is CNc1ccnc(CSc2ncccc2Cl)c1. The highest BCUT2D eigenvalue weighted by Gasteiger charge is 2.03. The summed E-state index contributed by atoms with van der Waals surface area (Å²) in [5.74, 6) is 0.756. The van der Waals surface area contributed by atoms with Gasteiger partial charge in [-0.3, -0.25) is 4.98 Å². The number of hydrogen-bond donors (Lipinski definition) is 1. The Hall–Kier alpha value is -1.26. The normalized spacial score (nSPS) is 10.2. The van der Waals surface area contributed by atoms with Crippen molar-refractivity contribution in [2.45, 2.75) is 10.8 Å².